The summed E-state index contributed by atoms with van der Waals surface area (Å²) in [5, 5.41) is 10.1. The summed E-state index contributed by atoms with van der Waals surface area (Å²) in [6.07, 6.45) is 0.297. The molecule has 0 aromatic heterocycles. The Morgan fingerprint density at radius 2 is 2.05 bits per heavy atom. The van der Waals surface area contributed by atoms with E-state index in [1.165, 1.54) is 6.07 Å². The lowest BCUT2D eigenvalue weighted by Crippen LogP contribution is -2.25. The van der Waals surface area contributed by atoms with Crippen LogP contribution in [0.4, 0.5) is 10.5 Å². The van der Waals surface area contributed by atoms with E-state index in [4.69, 9.17) is 15.9 Å². The number of anilines is 1. The minimum absolute atomic E-state index is 0.264. The Bertz CT molecular complexity index is 514. The highest BCUT2D eigenvalue weighted by Gasteiger charge is 2.14. The lowest BCUT2D eigenvalue weighted by Gasteiger charge is -2.12. The maximum atomic E-state index is 11.7. The number of ether oxygens (including phenoxy) is 1. The first-order valence-corrected chi connectivity index (χ1v) is 6.37. The van der Waals surface area contributed by atoms with Crippen LogP contribution in [0.1, 0.15) is 25.8 Å². The summed E-state index contributed by atoms with van der Waals surface area (Å²) in [5.74, 6) is -0.577. The van der Waals surface area contributed by atoms with Gasteiger partial charge < -0.3 is 10.5 Å². The molecule has 20 heavy (non-hydrogen) atoms. The molecule has 0 saturated heterocycles. The van der Waals surface area contributed by atoms with E-state index in [2.05, 4.69) is 5.32 Å². The number of nitrogens with one attached hydrogen (secondary N) is 2. The normalized spacial score (nSPS) is 11.5. The molecule has 0 bridgehead atoms. The van der Waals surface area contributed by atoms with Gasteiger partial charge in [0.25, 0.3) is 5.91 Å². The van der Waals surface area contributed by atoms with Crippen molar-refractivity contribution in [3.05, 3.63) is 29.8 Å². The van der Waals surface area contributed by atoms with Crippen molar-refractivity contribution in [3.8, 4) is 0 Å². The number of amides is 2. The van der Waals surface area contributed by atoms with Gasteiger partial charge in [0.05, 0.1) is 12.3 Å². The molecular formula is C14H19N3O3. The van der Waals surface area contributed by atoms with E-state index in [1.807, 2.05) is 13.8 Å². The number of nitrogens with two attached hydrogens (primary N) is 1. The SMILES string of the molecule is CCC(C)COC(=O)Nc1ccccc1C(=N)C(N)=O. The third kappa shape index (κ3) is 4.38. The van der Waals surface area contributed by atoms with Crippen LogP contribution >= 0.6 is 0 Å². The molecule has 0 spiro atoms. The van der Waals surface area contributed by atoms with Crippen molar-refractivity contribution >= 4 is 23.4 Å². The highest BCUT2D eigenvalue weighted by Crippen LogP contribution is 2.16. The standard InChI is InChI=1S/C14H19N3O3/c1-3-9(2)8-20-14(19)17-11-7-5-4-6-10(11)12(15)13(16)18/h4-7,9,15H,3,8H2,1-2H3,(H2,16,18)(H,17,19). The molecule has 0 fully saturated rings. The highest BCUT2D eigenvalue weighted by atomic mass is 16.5. The number of hydrogen-bond donors (Lipinski definition) is 3. The van der Waals surface area contributed by atoms with Gasteiger partial charge in [-0.05, 0) is 12.0 Å². The van der Waals surface area contributed by atoms with E-state index in [-0.39, 0.29) is 17.2 Å². The second-order valence-electron chi connectivity index (χ2n) is 4.52. The third-order valence-corrected chi connectivity index (χ3v) is 2.88. The summed E-state index contributed by atoms with van der Waals surface area (Å²) in [6, 6.07) is 6.46. The molecule has 1 aromatic carbocycles. The van der Waals surface area contributed by atoms with E-state index in [0.29, 0.717) is 12.3 Å². The molecule has 1 atom stereocenters. The van der Waals surface area contributed by atoms with Gasteiger partial charge >= 0.3 is 6.09 Å². The molecule has 0 aliphatic rings. The van der Waals surface area contributed by atoms with Crippen molar-refractivity contribution in [1.29, 1.82) is 5.41 Å². The smallest absolute Gasteiger partial charge is 0.411 e. The van der Waals surface area contributed by atoms with E-state index < -0.39 is 12.0 Å². The zero-order valence-corrected chi connectivity index (χ0v) is 11.6. The first-order valence-electron chi connectivity index (χ1n) is 6.37. The van der Waals surface area contributed by atoms with Gasteiger partial charge in [-0.25, -0.2) is 4.79 Å². The lowest BCUT2D eigenvalue weighted by atomic mass is 10.1. The molecule has 4 N–H and O–H groups in total. The molecule has 6 heteroatoms. The van der Waals surface area contributed by atoms with Gasteiger partial charge in [0.1, 0.15) is 5.71 Å². The molecule has 1 rings (SSSR count). The summed E-state index contributed by atoms with van der Waals surface area (Å²) in [6.45, 7) is 4.30. The summed E-state index contributed by atoms with van der Waals surface area (Å²) >= 11 is 0. The monoisotopic (exact) mass is 277 g/mol. The molecule has 108 valence electrons. The fourth-order valence-electron chi connectivity index (χ4n) is 1.42. The second-order valence-corrected chi connectivity index (χ2v) is 4.52. The Kier molecular flexibility index (Phi) is 5.71. The first kappa shape index (κ1) is 15.7. The number of benzene rings is 1. The molecule has 1 unspecified atom stereocenters. The van der Waals surface area contributed by atoms with E-state index in [1.54, 1.807) is 18.2 Å². The molecule has 0 heterocycles. The van der Waals surface area contributed by atoms with E-state index in [0.717, 1.165) is 6.42 Å². The van der Waals surface area contributed by atoms with Crippen molar-refractivity contribution in [2.45, 2.75) is 20.3 Å². The van der Waals surface area contributed by atoms with Crippen LogP contribution in [0, 0.1) is 11.3 Å². The van der Waals surface area contributed by atoms with Gasteiger partial charge in [-0.1, -0.05) is 38.5 Å². The van der Waals surface area contributed by atoms with Crippen molar-refractivity contribution in [2.75, 3.05) is 11.9 Å². The van der Waals surface area contributed by atoms with Crippen LogP contribution in [0.2, 0.25) is 0 Å². The number of primary amides is 1. The van der Waals surface area contributed by atoms with Crippen LogP contribution in [0.5, 0.6) is 0 Å². The van der Waals surface area contributed by atoms with Gasteiger partial charge in [-0.3, -0.25) is 15.5 Å². The quantitative estimate of drug-likeness (QED) is 0.693. The third-order valence-electron chi connectivity index (χ3n) is 2.88. The van der Waals surface area contributed by atoms with Gasteiger partial charge in [0.2, 0.25) is 0 Å². The van der Waals surface area contributed by atoms with Crippen LogP contribution in [0.15, 0.2) is 24.3 Å². The lowest BCUT2D eigenvalue weighted by molar-refractivity contribution is -0.112. The second kappa shape index (κ2) is 7.28. The Hall–Kier alpha value is -2.37. The van der Waals surface area contributed by atoms with E-state index in [9.17, 15) is 9.59 Å². The number of carbonyl (C=O) groups excluding carboxylic acids is 2. The zero-order valence-electron chi connectivity index (χ0n) is 11.6. The topological polar surface area (TPSA) is 105 Å². The maximum Gasteiger partial charge on any atom is 0.411 e. The number of para-hydroxylation sites is 1. The van der Waals surface area contributed by atoms with Crippen LogP contribution in [-0.2, 0) is 9.53 Å². The Morgan fingerprint density at radius 3 is 2.65 bits per heavy atom. The average Bonchev–Trinajstić information content (AvgIpc) is 2.44. The molecule has 0 aliphatic carbocycles. The first-order chi connectivity index (χ1) is 9.45. The van der Waals surface area contributed by atoms with Crippen molar-refractivity contribution in [1.82, 2.24) is 0 Å². The molecule has 6 nitrogen and oxygen atoms in total. The van der Waals surface area contributed by atoms with Gasteiger partial charge in [-0.2, -0.15) is 0 Å². The van der Waals surface area contributed by atoms with E-state index >= 15 is 0 Å². The fourth-order valence-corrected chi connectivity index (χ4v) is 1.42. The number of hydrogen-bond acceptors (Lipinski definition) is 4. The molecule has 1 aromatic rings. The molecule has 2 amide bonds. The fraction of sp³-hybridized carbons (Fsp3) is 0.357. The summed E-state index contributed by atoms with van der Waals surface area (Å²) in [5.41, 5.74) is 5.31. The highest BCUT2D eigenvalue weighted by molar-refractivity contribution is 6.44. The molecule has 0 aliphatic heterocycles. The molecule has 0 radical (unpaired) electrons. The van der Waals surface area contributed by atoms with Crippen LogP contribution < -0.4 is 11.1 Å². The van der Waals surface area contributed by atoms with Crippen molar-refractivity contribution < 1.29 is 14.3 Å². The largest absolute Gasteiger partial charge is 0.449 e. The predicted octanol–water partition coefficient (Wildman–Crippen LogP) is 2.13. The van der Waals surface area contributed by atoms with Gasteiger partial charge in [0.15, 0.2) is 0 Å². The summed E-state index contributed by atoms with van der Waals surface area (Å²) < 4.78 is 5.06. The zero-order chi connectivity index (χ0) is 15.1. The number of rotatable bonds is 6. The predicted molar refractivity (Wildman–Crippen MR) is 76.9 cm³/mol. The van der Waals surface area contributed by atoms with Crippen molar-refractivity contribution in [2.24, 2.45) is 11.7 Å². The molecule has 0 saturated carbocycles. The Labute approximate surface area is 117 Å². The summed E-state index contributed by atoms with van der Waals surface area (Å²) in [7, 11) is 0. The van der Waals surface area contributed by atoms with Crippen molar-refractivity contribution in [3.63, 3.8) is 0 Å². The van der Waals surface area contributed by atoms with Crippen LogP contribution in [-0.4, -0.2) is 24.3 Å². The number of carbonyl (C=O) groups is 2. The van der Waals surface area contributed by atoms with Crippen LogP contribution in [0.3, 0.4) is 0 Å². The minimum Gasteiger partial charge on any atom is -0.449 e. The summed E-state index contributed by atoms with van der Waals surface area (Å²) in [4.78, 5) is 22.7. The minimum atomic E-state index is -0.854. The average molecular weight is 277 g/mol. The van der Waals surface area contributed by atoms with Crippen LogP contribution in [0.25, 0.3) is 0 Å². The van der Waals surface area contributed by atoms with Gasteiger partial charge in [0, 0.05) is 5.56 Å². The maximum absolute atomic E-state index is 11.7. The molecular weight excluding hydrogens is 258 g/mol. The Morgan fingerprint density at radius 1 is 1.40 bits per heavy atom. The van der Waals surface area contributed by atoms with Gasteiger partial charge in [-0.15, -0.1) is 0 Å². The Balaban J connectivity index is 2.75.